The Balaban J connectivity index is 2.23. The molecule has 112 valence electrons. The lowest BCUT2D eigenvalue weighted by Gasteiger charge is -2.15. The van der Waals surface area contributed by atoms with Gasteiger partial charge >= 0.3 is 0 Å². The van der Waals surface area contributed by atoms with Crippen molar-refractivity contribution in [3.8, 4) is 11.4 Å². The van der Waals surface area contributed by atoms with Crippen molar-refractivity contribution in [1.82, 2.24) is 15.5 Å². The van der Waals surface area contributed by atoms with Crippen LogP contribution in [0.15, 0.2) is 28.8 Å². The lowest BCUT2D eigenvalue weighted by Crippen LogP contribution is -2.27. The fraction of sp³-hybridized carbons (Fsp3) is 0.400. The van der Waals surface area contributed by atoms with Gasteiger partial charge in [-0.15, -0.1) is 0 Å². The molecule has 0 aliphatic heterocycles. The maximum absolute atomic E-state index is 11.3. The Bertz CT molecular complexity index is 608. The van der Waals surface area contributed by atoms with Gasteiger partial charge in [-0.25, -0.2) is 0 Å². The van der Waals surface area contributed by atoms with E-state index in [0.29, 0.717) is 22.7 Å². The summed E-state index contributed by atoms with van der Waals surface area (Å²) in [5, 5.41) is 7.47. The van der Waals surface area contributed by atoms with Gasteiger partial charge in [0.05, 0.1) is 0 Å². The average molecular weight is 308 g/mol. The normalized spacial score (nSPS) is 12.4. The number of rotatable bonds is 5. The topological polar surface area (TPSA) is 68.0 Å². The van der Waals surface area contributed by atoms with Gasteiger partial charge in [0.15, 0.2) is 0 Å². The van der Waals surface area contributed by atoms with Crippen LogP contribution in [0.5, 0.6) is 0 Å². The SMILES string of the molecule is CC(=O)N[C@@H](CC(C)C)c1nc(-c2ccc(Cl)cc2)no1. The standard InChI is InChI=1S/C15H18ClN3O2/c1-9(2)8-13(17-10(3)20)15-18-14(19-21-15)11-4-6-12(16)7-5-11/h4-7,9,13H,8H2,1-3H3,(H,17,20)/t13-/m0/s1. The van der Waals surface area contributed by atoms with E-state index in [-0.39, 0.29) is 11.9 Å². The second kappa shape index (κ2) is 6.72. The van der Waals surface area contributed by atoms with Crippen LogP contribution in [0.4, 0.5) is 0 Å². The first-order valence-corrected chi connectivity index (χ1v) is 7.20. The van der Waals surface area contributed by atoms with Gasteiger partial charge in [-0.1, -0.05) is 30.6 Å². The molecule has 5 nitrogen and oxygen atoms in total. The first-order valence-electron chi connectivity index (χ1n) is 6.82. The van der Waals surface area contributed by atoms with E-state index in [2.05, 4.69) is 29.3 Å². The summed E-state index contributed by atoms with van der Waals surface area (Å²) in [6, 6.07) is 6.93. The highest BCUT2D eigenvalue weighted by molar-refractivity contribution is 6.30. The molecule has 0 aliphatic carbocycles. The van der Waals surface area contributed by atoms with Crippen molar-refractivity contribution >= 4 is 17.5 Å². The minimum Gasteiger partial charge on any atom is -0.345 e. The molecule has 0 aliphatic rings. The summed E-state index contributed by atoms with van der Waals surface area (Å²) in [5.74, 6) is 1.18. The molecule has 1 N–H and O–H groups in total. The Kier molecular flexibility index (Phi) is 4.96. The maximum atomic E-state index is 11.3. The van der Waals surface area contributed by atoms with Crippen LogP contribution < -0.4 is 5.32 Å². The first kappa shape index (κ1) is 15.5. The third-order valence-corrected chi connectivity index (χ3v) is 3.18. The quantitative estimate of drug-likeness (QED) is 0.916. The van der Waals surface area contributed by atoms with E-state index in [0.717, 1.165) is 12.0 Å². The highest BCUT2D eigenvalue weighted by Gasteiger charge is 2.21. The van der Waals surface area contributed by atoms with Gasteiger partial charge in [0, 0.05) is 17.5 Å². The minimum absolute atomic E-state index is 0.119. The number of hydrogen-bond donors (Lipinski definition) is 1. The zero-order valence-corrected chi connectivity index (χ0v) is 13.0. The molecule has 0 unspecified atom stereocenters. The third-order valence-electron chi connectivity index (χ3n) is 2.93. The van der Waals surface area contributed by atoms with E-state index in [1.165, 1.54) is 6.92 Å². The zero-order valence-electron chi connectivity index (χ0n) is 12.3. The Hall–Kier alpha value is -1.88. The number of carbonyl (C=O) groups excluding carboxylic acids is 1. The van der Waals surface area contributed by atoms with Crippen LogP contribution in [0, 0.1) is 5.92 Å². The summed E-state index contributed by atoms with van der Waals surface area (Å²) in [4.78, 5) is 15.7. The lowest BCUT2D eigenvalue weighted by atomic mass is 10.0. The van der Waals surface area contributed by atoms with Gasteiger partial charge in [0.1, 0.15) is 6.04 Å². The Morgan fingerprint density at radius 1 is 1.33 bits per heavy atom. The monoisotopic (exact) mass is 307 g/mol. The number of aromatic nitrogens is 2. The number of nitrogens with one attached hydrogen (secondary N) is 1. The van der Waals surface area contributed by atoms with E-state index in [1.54, 1.807) is 12.1 Å². The number of benzene rings is 1. The van der Waals surface area contributed by atoms with Crippen LogP contribution in [0.3, 0.4) is 0 Å². The van der Waals surface area contributed by atoms with Crippen molar-refractivity contribution in [3.05, 3.63) is 35.2 Å². The fourth-order valence-corrected chi connectivity index (χ4v) is 2.16. The van der Waals surface area contributed by atoms with E-state index in [9.17, 15) is 4.79 Å². The number of carbonyl (C=O) groups is 1. The molecule has 1 heterocycles. The van der Waals surface area contributed by atoms with Crippen molar-refractivity contribution in [1.29, 1.82) is 0 Å². The minimum atomic E-state index is -0.268. The summed E-state index contributed by atoms with van der Waals surface area (Å²) in [6.07, 6.45) is 0.738. The highest BCUT2D eigenvalue weighted by atomic mass is 35.5. The summed E-state index contributed by atoms with van der Waals surface area (Å²) in [7, 11) is 0. The van der Waals surface area contributed by atoms with Gasteiger partial charge in [-0.2, -0.15) is 4.98 Å². The van der Waals surface area contributed by atoms with Gasteiger partial charge < -0.3 is 9.84 Å². The number of amides is 1. The van der Waals surface area contributed by atoms with Crippen molar-refractivity contribution < 1.29 is 9.32 Å². The van der Waals surface area contributed by atoms with Crippen molar-refractivity contribution in [3.63, 3.8) is 0 Å². The number of halogens is 1. The first-order chi connectivity index (χ1) is 9.95. The molecule has 1 amide bonds. The van der Waals surface area contributed by atoms with Crippen molar-refractivity contribution in [2.45, 2.75) is 33.2 Å². The highest BCUT2D eigenvalue weighted by Crippen LogP contribution is 2.24. The second-order valence-corrected chi connectivity index (χ2v) is 5.78. The maximum Gasteiger partial charge on any atom is 0.249 e. The molecule has 1 atom stereocenters. The molecule has 0 fully saturated rings. The van der Waals surface area contributed by atoms with Gasteiger partial charge in [0.2, 0.25) is 17.6 Å². The Morgan fingerprint density at radius 2 is 2.00 bits per heavy atom. The molecule has 0 radical (unpaired) electrons. The smallest absolute Gasteiger partial charge is 0.249 e. The van der Waals surface area contributed by atoms with Gasteiger partial charge in [0.25, 0.3) is 0 Å². The molecule has 2 aromatic rings. The molecule has 1 aromatic heterocycles. The van der Waals surface area contributed by atoms with Crippen LogP contribution in [0.1, 0.15) is 39.1 Å². The predicted octanol–water partition coefficient (Wildman–Crippen LogP) is 3.61. The summed E-state index contributed by atoms with van der Waals surface area (Å²) < 4.78 is 5.30. The molecular formula is C15H18ClN3O2. The molecule has 2 rings (SSSR count). The second-order valence-electron chi connectivity index (χ2n) is 5.35. The average Bonchev–Trinajstić information content (AvgIpc) is 2.87. The molecular weight excluding hydrogens is 290 g/mol. The summed E-state index contributed by atoms with van der Waals surface area (Å²) >= 11 is 5.86. The summed E-state index contributed by atoms with van der Waals surface area (Å²) in [6.45, 7) is 5.63. The van der Waals surface area contributed by atoms with Crippen LogP contribution in [-0.4, -0.2) is 16.0 Å². The van der Waals surface area contributed by atoms with Gasteiger partial charge in [-0.3, -0.25) is 4.79 Å². The fourth-order valence-electron chi connectivity index (χ4n) is 2.03. The van der Waals surface area contributed by atoms with E-state index >= 15 is 0 Å². The summed E-state index contributed by atoms with van der Waals surface area (Å²) in [5.41, 5.74) is 0.820. The third kappa shape index (κ3) is 4.29. The molecule has 0 bridgehead atoms. The molecule has 0 spiro atoms. The van der Waals surface area contributed by atoms with E-state index in [1.807, 2.05) is 12.1 Å². The zero-order chi connectivity index (χ0) is 15.4. The molecule has 0 saturated heterocycles. The predicted molar refractivity (Wildman–Crippen MR) is 80.8 cm³/mol. The largest absolute Gasteiger partial charge is 0.345 e. The number of hydrogen-bond acceptors (Lipinski definition) is 4. The van der Waals surface area contributed by atoms with Crippen molar-refractivity contribution in [2.24, 2.45) is 5.92 Å². The molecule has 21 heavy (non-hydrogen) atoms. The van der Waals surface area contributed by atoms with E-state index in [4.69, 9.17) is 16.1 Å². The number of nitrogens with zero attached hydrogens (tertiary/aromatic N) is 2. The van der Waals surface area contributed by atoms with Crippen LogP contribution in [0.25, 0.3) is 11.4 Å². The van der Waals surface area contributed by atoms with Gasteiger partial charge in [-0.05, 0) is 36.6 Å². The lowest BCUT2D eigenvalue weighted by molar-refractivity contribution is -0.120. The van der Waals surface area contributed by atoms with Crippen molar-refractivity contribution in [2.75, 3.05) is 0 Å². The van der Waals surface area contributed by atoms with Crippen LogP contribution in [0.2, 0.25) is 5.02 Å². The Labute approximate surface area is 128 Å². The van der Waals surface area contributed by atoms with Crippen LogP contribution >= 0.6 is 11.6 Å². The molecule has 0 saturated carbocycles. The van der Waals surface area contributed by atoms with E-state index < -0.39 is 0 Å². The molecule has 1 aromatic carbocycles. The Morgan fingerprint density at radius 3 is 2.57 bits per heavy atom. The van der Waals surface area contributed by atoms with Crippen LogP contribution in [-0.2, 0) is 4.79 Å². The molecule has 6 heteroatoms.